The highest BCUT2D eigenvalue weighted by atomic mass is 16.5. The number of ether oxygens (including phenoxy) is 1. The summed E-state index contributed by atoms with van der Waals surface area (Å²) in [5, 5.41) is 6.34. The maximum atomic E-state index is 13.1. The normalized spacial score (nSPS) is 20.9. The summed E-state index contributed by atoms with van der Waals surface area (Å²) in [4.78, 5) is 40.3. The van der Waals surface area contributed by atoms with Gasteiger partial charge in [0.2, 0.25) is 5.91 Å². The van der Waals surface area contributed by atoms with Gasteiger partial charge in [0.1, 0.15) is 5.75 Å². The van der Waals surface area contributed by atoms with Crippen LogP contribution in [0.1, 0.15) is 59.2 Å². The van der Waals surface area contributed by atoms with Crippen LogP contribution in [0, 0.1) is 5.92 Å². The van der Waals surface area contributed by atoms with Crippen LogP contribution in [0.2, 0.25) is 0 Å². The van der Waals surface area contributed by atoms with E-state index in [1.807, 2.05) is 35.2 Å². The molecule has 2 aromatic carbocycles. The first-order valence-electron chi connectivity index (χ1n) is 12.1. The Bertz CT molecular complexity index is 1000. The monoisotopic (exact) mass is 463 g/mol. The molecule has 2 atom stereocenters. The van der Waals surface area contributed by atoms with Gasteiger partial charge in [-0.05, 0) is 56.0 Å². The standard InChI is InChI=1S/C27H33N3O4/c1-34-22-11-7-10-21(18-22)27(33)30-16-14-20(15-17-30)26(32)29-24-13-6-5-12-23(24)28-25(31)19-8-3-2-4-9-19/h2-4,7-11,18,20,23-24H,5-6,12-17H2,1H3,(H,28,31)(H,29,32)/t23-,24-/m1/s1. The summed E-state index contributed by atoms with van der Waals surface area (Å²) in [7, 11) is 1.58. The third-order valence-electron chi connectivity index (χ3n) is 6.92. The summed E-state index contributed by atoms with van der Waals surface area (Å²) < 4.78 is 5.22. The van der Waals surface area contributed by atoms with Gasteiger partial charge in [-0.2, -0.15) is 0 Å². The minimum Gasteiger partial charge on any atom is -0.497 e. The number of methoxy groups -OCH3 is 1. The van der Waals surface area contributed by atoms with Gasteiger partial charge in [-0.25, -0.2) is 0 Å². The van der Waals surface area contributed by atoms with E-state index < -0.39 is 0 Å². The van der Waals surface area contributed by atoms with Crippen LogP contribution in [-0.2, 0) is 4.79 Å². The zero-order chi connectivity index (χ0) is 23.9. The van der Waals surface area contributed by atoms with E-state index in [-0.39, 0.29) is 35.7 Å². The number of nitrogens with zero attached hydrogens (tertiary/aromatic N) is 1. The maximum Gasteiger partial charge on any atom is 0.253 e. The number of piperidine rings is 1. The number of hydrogen-bond donors (Lipinski definition) is 2. The summed E-state index contributed by atoms with van der Waals surface area (Å²) >= 11 is 0. The average molecular weight is 464 g/mol. The molecule has 0 spiro atoms. The number of amides is 3. The van der Waals surface area contributed by atoms with Crippen LogP contribution in [0.3, 0.4) is 0 Å². The van der Waals surface area contributed by atoms with Crippen molar-refractivity contribution < 1.29 is 19.1 Å². The number of likely N-dealkylation sites (tertiary alicyclic amines) is 1. The second-order valence-electron chi connectivity index (χ2n) is 9.14. The Morgan fingerprint density at radius 3 is 2.15 bits per heavy atom. The molecule has 2 aliphatic rings. The van der Waals surface area contributed by atoms with Gasteiger partial charge >= 0.3 is 0 Å². The summed E-state index contributed by atoms with van der Waals surface area (Å²) in [5.74, 6) is 0.424. The van der Waals surface area contributed by atoms with Crippen molar-refractivity contribution in [2.24, 2.45) is 5.92 Å². The third kappa shape index (κ3) is 5.76. The Balaban J connectivity index is 1.30. The van der Waals surface area contributed by atoms with Crippen LogP contribution in [0.4, 0.5) is 0 Å². The molecule has 0 aromatic heterocycles. The molecular formula is C27H33N3O4. The van der Waals surface area contributed by atoms with Crippen LogP contribution in [0.5, 0.6) is 5.75 Å². The molecule has 2 fully saturated rings. The maximum absolute atomic E-state index is 13.1. The van der Waals surface area contributed by atoms with E-state index in [1.165, 1.54) is 0 Å². The van der Waals surface area contributed by atoms with E-state index in [1.54, 1.807) is 31.4 Å². The fourth-order valence-electron chi connectivity index (χ4n) is 4.90. The number of carbonyl (C=O) groups excluding carboxylic acids is 3. The molecule has 1 aliphatic heterocycles. The average Bonchev–Trinajstić information content (AvgIpc) is 2.90. The second-order valence-corrected chi connectivity index (χ2v) is 9.14. The number of hydrogen-bond acceptors (Lipinski definition) is 4. The van der Waals surface area contributed by atoms with Gasteiger partial charge in [0.25, 0.3) is 11.8 Å². The van der Waals surface area contributed by atoms with Crippen LogP contribution in [0.15, 0.2) is 54.6 Å². The van der Waals surface area contributed by atoms with Gasteiger partial charge in [-0.3, -0.25) is 14.4 Å². The SMILES string of the molecule is COc1cccc(C(=O)N2CCC(C(=O)N[C@@H]3CCCC[C@H]3NC(=O)c3ccccc3)CC2)c1. The molecule has 0 radical (unpaired) electrons. The van der Waals surface area contributed by atoms with Crippen LogP contribution in [0.25, 0.3) is 0 Å². The highest BCUT2D eigenvalue weighted by Gasteiger charge is 2.32. The van der Waals surface area contributed by atoms with Gasteiger partial charge in [0.15, 0.2) is 0 Å². The smallest absolute Gasteiger partial charge is 0.253 e. The van der Waals surface area contributed by atoms with E-state index in [0.717, 1.165) is 25.7 Å². The molecule has 7 heteroatoms. The molecule has 0 bridgehead atoms. The molecule has 1 saturated carbocycles. The quantitative estimate of drug-likeness (QED) is 0.687. The number of nitrogens with one attached hydrogen (secondary N) is 2. The van der Waals surface area contributed by atoms with Crippen molar-refractivity contribution in [2.75, 3.05) is 20.2 Å². The lowest BCUT2D eigenvalue weighted by Gasteiger charge is -2.36. The van der Waals surface area contributed by atoms with Gasteiger partial charge in [0.05, 0.1) is 7.11 Å². The van der Waals surface area contributed by atoms with Gasteiger partial charge in [-0.1, -0.05) is 37.1 Å². The molecule has 0 unspecified atom stereocenters. The van der Waals surface area contributed by atoms with Crippen molar-refractivity contribution in [3.05, 3.63) is 65.7 Å². The van der Waals surface area contributed by atoms with E-state index in [4.69, 9.17) is 4.74 Å². The minimum atomic E-state index is -0.123. The molecule has 4 rings (SSSR count). The highest BCUT2D eigenvalue weighted by Crippen LogP contribution is 2.24. The number of benzene rings is 2. The molecule has 2 aromatic rings. The van der Waals surface area contributed by atoms with Crippen molar-refractivity contribution in [3.8, 4) is 5.75 Å². The summed E-state index contributed by atoms with van der Waals surface area (Å²) in [6.07, 6.45) is 5.06. The van der Waals surface area contributed by atoms with Gasteiger partial charge < -0.3 is 20.3 Å². The van der Waals surface area contributed by atoms with Crippen LogP contribution >= 0.6 is 0 Å². The first-order valence-corrected chi connectivity index (χ1v) is 12.1. The van der Waals surface area contributed by atoms with Crippen molar-refractivity contribution in [3.63, 3.8) is 0 Å². The summed E-state index contributed by atoms with van der Waals surface area (Å²) in [5.41, 5.74) is 1.23. The Hall–Kier alpha value is -3.35. The second kappa shape index (κ2) is 11.2. The summed E-state index contributed by atoms with van der Waals surface area (Å²) in [6.45, 7) is 1.10. The van der Waals surface area contributed by atoms with E-state index in [0.29, 0.717) is 42.8 Å². The van der Waals surface area contributed by atoms with Crippen molar-refractivity contribution in [2.45, 2.75) is 50.6 Å². The lowest BCUT2D eigenvalue weighted by atomic mass is 9.88. The fourth-order valence-corrected chi connectivity index (χ4v) is 4.90. The van der Waals surface area contributed by atoms with Gasteiger partial charge in [0, 0.05) is 42.2 Å². The molecular weight excluding hydrogens is 430 g/mol. The van der Waals surface area contributed by atoms with Crippen molar-refractivity contribution in [1.82, 2.24) is 15.5 Å². The molecule has 3 amide bonds. The predicted octanol–water partition coefficient (Wildman–Crippen LogP) is 3.40. The molecule has 34 heavy (non-hydrogen) atoms. The third-order valence-corrected chi connectivity index (χ3v) is 6.92. The van der Waals surface area contributed by atoms with Crippen LogP contribution in [-0.4, -0.2) is 54.9 Å². The molecule has 180 valence electrons. The largest absolute Gasteiger partial charge is 0.497 e. The molecule has 1 saturated heterocycles. The Morgan fingerprint density at radius 2 is 1.47 bits per heavy atom. The number of carbonyl (C=O) groups is 3. The van der Waals surface area contributed by atoms with E-state index in [2.05, 4.69) is 10.6 Å². The first-order chi connectivity index (χ1) is 16.5. The minimum absolute atomic E-state index is 0.0272. The van der Waals surface area contributed by atoms with Crippen LogP contribution < -0.4 is 15.4 Å². The molecule has 2 N–H and O–H groups in total. The lowest BCUT2D eigenvalue weighted by Crippen LogP contribution is -2.55. The van der Waals surface area contributed by atoms with E-state index in [9.17, 15) is 14.4 Å². The van der Waals surface area contributed by atoms with E-state index >= 15 is 0 Å². The topological polar surface area (TPSA) is 87.7 Å². The molecule has 7 nitrogen and oxygen atoms in total. The fraction of sp³-hybridized carbons (Fsp3) is 0.444. The predicted molar refractivity (Wildman–Crippen MR) is 130 cm³/mol. The summed E-state index contributed by atoms with van der Waals surface area (Å²) in [6, 6.07) is 16.2. The zero-order valence-electron chi connectivity index (χ0n) is 19.7. The van der Waals surface area contributed by atoms with Gasteiger partial charge in [-0.15, -0.1) is 0 Å². The van der Waals surface area contributed by atoms with Crippen molar-refractivity contribution >= 4 is 17.7 Å². The zero-order valence-corrected chi connectivity index (χ0v) is 19.7. The Morgan fingerprint density at radius 1 is 0.824 bits per heavy atom. The van der Waals surface area contributed by atoms with Crippen molar-refractivity contribution in [1.29, 1.82) is 0 Å². The highest BCUT2D eigenvalue weighted by molar-refractivity contribution is 5.95. The Labute approximate surface area is 200 Å². The Kier molecular flexibility index (Phi) is 7.83. The molecule has 1 heterocycles. The first kappa shape index (κ1) is 23.8. The lowest BCUT2D eigenvalue weighted by molar-refractivity contribution is -0.127. The molecule has 1 aliphatic carbocycles. The number of rotatable bonds is 6.